The Morgan fingerprint density at radius 2 is 1.69 bits per heavy atom. The first kappa shape index (κ1) is 12.4. The number of hydrogen-bond donors (Lipinski definition) is 0. The number of rotatable bonds is 4. The molecule has 2 nitrogen and oxygen atoms in total. The second-order valence-electron chi connectivity index (χ2n) is 6.07. The maximum absolute atomic E-state index is 2.70. The summed E-state index contributed by atoms with van der Waals surface area (Å²) in [5.74, 6) is 1.98. The first-order chi connectivity index (χ1) is 7.69. The summed E-state index contributed by atoms with van der Waals surface area (Å²) in [6.07, 6.45) is 4.27. The SMILES string of the molecule is CCC1CCN(CC2CN(C(C)C)C2)CC1. The van der Waals surface area contributed by atoms with Crippen LogP contribution in [0.3, 0.4) is 0 Å². The lowest BCUT2D eigenvalue weighted by atomic mass is 9.92. The second kappa shape index (κ2) is 5.50. The molecule has 2 heteroatoms. The van der Waals surface area contributed by atoms with Gasteiger partial charge in [-0.15, -0.1) is 0 Å². The number of nitrogens with zero attached hydrogens (tertiary/aromatic N) is 2. The summed E-state index contributed by atoms with van der Waals surface area (Å²) >= 11 is 0. The maximum Gasteiger partial charge on any atom is 0.00388 e. The predicted molar refractivity (Wildman–Crippen MR) is 69.7 cm³/mol. The van der Waals surface area contributed by atoms with Gasteiger partial charge < -0.3 is 9.80 Å². The third-order valence-corrected chi connectivity index (χ3v) is 4.52. The summed E-state index contributed by atoms with van der Waals surface area (Å²) in [5, 5.41) is 0. The van der Waals surface area contributed by atoms with E-state index in [0.29, 0.717) is 0 Å². The molecule has 0 spiro atoms. The molecule has 0 N–H and O–H groups in total. The van der Waals surface area contributed by atoms with E-state index in [9.17, 15) is 0 Å². The van der Waals surface area contributed by atoms with Gasteiger partial charge in [-0.1, -0.05) is 13.3 Å². The third kappa shape index (κ3) is 2.98. The Bertz CT molecular complexity index is 201. The molecule has 0 aromatic rings. The standard InChI is InChI=1S/C14H28N2/c1-4-13-5-7-15(8-6-13)9-14-10-16(11-14)12(2)3/h12-14H,4-11H2,1-3H3. The van der Waals surface area contributed by atoms with Crippen molar-refractivity contribution in [3.8, 4) is 0 Å². The molecule has 0 aromatic carbocycles. The average Bonchev–Trinajstić information content (AvgIpc) is 2.23. The maximum atomic E-state index is 2.70. The van der Waals surface area contributed by atoms with Gasteiger partial charge in [0.15, 0.2) is 0 Å². The number of piperidine rings is 1. The molecule has 0 unspecified atom stereocenters. The first-order valence-electron chi connectivity index (χ1n) is 7.15. The molecule has 94 valence electrons. The molecule has 0 radical (unpaired) electrons. The van der Waals surface area contributed by atoms with Crippen LogP contribution in [0.2, 0.25) is 0 Å². The molecule has 2 aliphatic rings. The Hall–Kier alpha value is -0.0800. The highest BCUT2D eigenvalue weighted by Crippen LogP contribution is 2.24. The molecule has 2 saturated heterocycles. The van der Waals surface area contributed by atoms with E-state index in [1.54, 1.807) is 0 Å². The zero-order valence-electron chi connectivity index (χ0n) is 11.3. The molecule has 2 aliphatic heterocycles. The molecule has 16 heavy (non-hydrogen) atoms. The molecule has 0 atom stereocenters. The van der Waals surface area contributed by atoms with Crippen LogP contribution >= 0.6 is 0 Å². The molecule has 0 saturated carbocycles. The lowest BCUT2D eigenvalue weighted by molar-refractivity contribution is 0.0337. The summed E-state index contributed by atoms with van der Waals surface area (Å²) in [7, 11) is 0. The van der Waals surface area contributed by atoms with Crippen molar-refractivity contribution in [1.29, 1.82) is 0 Å². The van der Waals surface area contributed by atoms with E-state index in [2.05, 4.69) is 30.6 Å². The quantitative estimate of drug-likeness (QED) is 0.724. The van der Waals surface area contributed by atoms with Gasteiger partial charge in [0.05, 0.1) is 0 Å². The van der Waals surface area contributed by atoms with E-state index < -0.39 is 0 Å². The summed E-state index contributed by atoms with van der Waals surface area (Å²) < 4.78 is 0. The largest absolute Gasteiger partial charge is 0.303 e. The molecule has 0 amide bonds. The molecule has 2 rings (SSSR count). The lowest BCUT2D eigenvalue weighted by Crippen LogP contribution is -2.54. The molecule has 2 fully saturated rings. The summed E-state index contributed by atoms with van der Waals surface area (Å²) in [4.78, 5) is 5.29. The minimum atomic E-state index is 0.752. The Kier molecular flexibility index (Phi) is 4.26. The van der Waals surface area contributed by atoms with Crippen molar-refractivity contribution in [3.05, 3.63) is 0 Å². The van der Waals surface area contributed by atoms with Gasteiger partial charge in [0.25, 0.3) is 0 Å². The fraction of sp³-hybridized carbons (Fsp3) is 1.00. The van der Waals surface area contributed by atoms with Gasteiger partial charge in [0, 0.05) is 25.7 Å². The lowest BCUT2D eigenvalue weighted by Gasteiger charge is -2.45. The molecule has 0 bridgehead atoms. The van der Waals surface area contributed by atoms with Crippen LogP contribution < -0.4 is 0 Å². The van der Waals surface area contributed by atoms with Gasteiger partial charge in [-0.05, 0) is 51.6 Å². The minimum absolute atomic E-state index is 0.752. The van der Waals surface area contributed by atoms with E-state index in [4.69, 9.17) is 0 Å². The normalized spacial score (nSPS) is 26.2. The fourth-order valence-electron chi connectivity index (χ4n) is 3.09. The third-order valence-electron chi connectivity index (χ3n) is 4.52. The molecule has 2 heterocycles. The molecular weight excluding hydrogens is 196 g/mol. The topological polar surface area (TPSA) is 6.48 Å². The van der Waals surface area contributed by atoms with Crippen LogP contribution in [0.15, 0.2) is 0 Å². The van der Waals surface area contributed by atoms with Crippen LogP contribution in [0.25, 0.3) is 0 Å². The second-order valence-corrected chi connectivity index (χ2v) is 6.07. The Morgan fingerprint density at radius 1 is 1.06 bits per heavy atom. The zero-order valence-corrected chi connectivity index (χ0v) is 11.3. The van der Waals surface area contributed by atoms with Crippen LogP contribution in [-0.2, 0) is 0 Å². The molecular formula is C14H28N2. The van der Waals surface area contributed by atoms with E-state index in [-0.39, 0.29) is 0 Å². The smallest absolute Gasteiger partial charge is 0.00388 e. The van der Waals surface area contributed by atoms with E-state index in [1.165, 1.54) is 52.0 Å². The number of likely N-dealkylation sites (tertiary alicyclic amines) is 2. The van der Waals surface area contributed by atoms with Crippen LogP contribution in [0.5, 0.6) is 0 Å². The van der Waals surface area contributed by atoms with Crippen molar-refractivity contribution in [3.63, 3.8) is 0 Å². The zero-order chi connectivity index (χ0) is 11.5. The van der Waals surface area contributed by atoms with Gasteiger partial charge in [0.1, 0.15) is 0 Å². The molecule has 0 aliphatic carbocycles. The highest BCUT2D eigenvalue weighted by molar-refractivity contribution is 4.85. The fourth-order valence-corrected chi connectivity index (χ4v) is 3.09. The van der Waals surface area contributed by atoms with Crippen molar-refractivity contribution in [2.24, 2.45) is 11.8 Å². The average molecular weight is 224 g/mol. The molecule has 0 aromatic heterocycles. The van der Waals surface area contributed by atoms with Gasteiger partial charge in [-0.3, -0.25) is 0 Å². The van der Waals surface area contributed by atoms with Crippen LogP contribution in [0.1, 0.15) is 40.0 Å². The van der Waals surface area contributed by atoms with Gasteiger partial charge in [-0.25, -0.2) is 0 Å². The predicted octanol–water partition coefficient (Wildman–Crippen LogP) is 2.45. The van der Waals surface area contributed by atoms with Gasteiger partial charge in [0.2, 0.25) is 0 Å². The first-order valence-corrected chi connectivity index (χ1v) is 7.15. The summed E-state index contributed by atoms with van der Waals surface area (Å²) in [5.41, 5.74) is 0. The minimum Gasteiger partial charge on any atom is -0.303 e. The highest BCUT2D eigenvalue weighted by atomic mass is 15.2. The van der Waals surface area contributed by atoms with Crippen molar-refractivity contribution in [1.82, 2.24) is 9.80 Å². The van der Waals surface area contributed by atoms with Crippen LogP contribution in [-0.4, -0.2) is 48.6 Å². The van der Waals surface area contributed by atoms with Gasteiger partial charge in [-0.2, -0.15) is 0 Å². The van der Waals surface area contributed by atoms with E-state index in [0.717, 1.165) is 17.9 Å². The Balaban J connectivity index is 1.62. The van der Waals surface area contributed by atoms with Crippen LogP contribution in [0.4, 0.5) is 0 Å². The van der Waals surface area contributed by atoms with Crippen molar-refractivity contribution < 1.29 is 0 Å². The monoisotopic (exact) mass is 224 g/mol. The summed E-state index contributed by atoms with van der Waals surface area (Å²) in [6.45, 7) is 13.7. The Labute approximate surface area is 101 Å². The van der Waals surface area contributed by atoms with Gasteiger partial charge >= 0.3 is 0 Å². The highest BCUT2D eigenvalue weighted by Gasteiger charge is 2.30. The van der Waals surface area contributed by atoms with Crippen molar-refractivity contribution in [2.75, 3.05) is 32.7 Å². The van der Waals surface area contributed by atoms with Crippen molar-refractivity contribution in [2.45, 2.75) is 46.1 Å². The van der Waals surface area contributed by atoms with E-state index in [1.807, 2.05) is 0 Å². The van der Waals surface area contributed by atoms with Crippen molar-refractivity contribution >= 4 is 0 Å². The number of hydrogen-bond acceptors (Lipinski definition) is 2. The summed E-state index contributed by atoms with van der Waals surface area (Å²) in [6, 6.07) is 0.752. The van der Waals surface area contributed by atoms with Crippen LogP contribution in [0, 0.1) is 11.8 Å². The Morgan fingerprint density at radius 3 is 2.19 bits per heavy atom. The van der Waals surface area contributed by atoms with E-state index >= 15 is 0 Å².